The second-order valence-electron chi connectivity index (χ2n) is 10.5. The summed E-state index contributed by atoms with van der Waals surface area (Å²) in [6.45, 7) is 10.5. The van der Waals surface area contributed by atoms with Crippen LogP contribution in [-0.4, -0.2) is 53.2 Å². The van der Waals surface area contributed by atoms with Gasteiger partial charge in [-0.25, -0.2) is 4.79 Å². The molecule has 4 rings (SSSR count). The maximum absolute atomic E-state index is 12.9. The predicted octanol–water partition coefficient (Wildman–Crippen LogP) is 3.22. The zero-order chi connectivity index (χ0) is 25.1. The van der Waals surface area contributed by atoms with Gasteiger partial charge in [-0.2, -0.15) is 0 Å². The Morgan fingerprint density at radius 1 is 1.21 bits per heavy atom. The summed E-state index contributed by atoms with van der Waals surface area (Å²) in [6, 6.07) is 0. The van der Waals surface area contributed by atoms with Crippen LogP contribution in [0.5, 0.6) is 0 Å². The van der Waals surface area contributed by atoms with Crippen molar-refractivity contribution in [3.63, 3.8) is 0 Å². The molecule has 34 heavy (non-hydrogen) atoms. The average Bonchev–Trinajstić information content (AvgIpc) is 3.34. The van der Waals surface area contributed by atoms with Gasteiger partial charge in [0.2, 0.25) is 0 Å². The van der Waals surface area contributed by atoms with E-state index in [1.54, 1.807) is 19.9 Å². The fourth-order valence-electron chi connectivity index (χ4n) is 6.18. The van der Waals surface area contributed by atoms with Crippen molar-refractivity contribution in [3.8, 4) is 0 Å². The molecule has 0 radical (unpaired) electrons. The summed E-state index contributed by atoms with van der Waals surface area (Å²) in [5.41, 5.74) is -2.47. The topological polar surface area (TPSA) is 108 Å². The number of ketones is 1. The molecule has 2 heterocycles. The first-order chi connectivity index (χ1) is 15.9. The van der Waals surface area contributed by atoms with E-state index in [0.29, 0.717) is 19.3 Å². The molecule has 8 nitrogen and oxygen atoms in total. The van der Waals surface area contributed by atoms with Crippen LogP contribution in [0, 0.1) is 17.3 Å². The van der Waals surface area contributed by atoms with Crippen LogP contribution < -0.4 is 0 Å². The third-order valence-corrected chi connectivity index (χ3v) is 8.14. The molecule has 2 aliphatic heterocycles. The third kappa shape index (κ3) is 3.53. The number of carbonyl (C=O) groups excluding carboxylic acids is 4. The van der Waals surface area contributed by atoms with Gasteiger partial charge in [-0.3, -0.25) is 14.4 Å². The maximum atomic E-state index is 12.9. The highest BCUT2D eigenvalue weighted by Gasteiger charge is 2.87. The summed E-state index contributed by atoms with van der Waals surface area (Å²) in [6.07, 6.45) is 4.89. The standard InChI is InChI=1S/C26H34O8/c1-7-8-20(29)32-18-10-9-14(2)13-19-26(25(6,34-26)23(30)33-19)22(31-16(4)27)21-15(3)17(28)11-12-24(18,21)5/h11-13,15,18-19,21-22H,7-10H2,1-6H3/b14-13-/t15-,18+,19?,21+,22+,24+,25-,26-/m0/s1. The van der Waals surface area contributed by atoms with Gasteiger partial charge in [-0.15, -0.1) is 0 Å². The molecule has 1 spiro atoms. The summed E-state index contributed by atoms with van der Waals surface area (Å²) in [4.78, 5) is 50.7. The second-order valence-corrected chi connectivity index (χ2v) is 10.5. The van der Waals surface area contributed by atoms with Crippen molar-refractivity contribution in [2.45, 2.75) is 96.7 Å². The van der Waals surface area contributed by atoms with Crippen LogP contribution >= 0.6 is 0 Å². The Labute approximate surface area is 200 Å². The third-order valence-electron chi connectivity index (χ3n) is 8.14. The highest BCUT2D eigenvalue weighted by molar-refractivity contribution is 5.93. The molecule has 0 aromatic carbocycles. The molecule has 8 heteroatoms. The van der Waals surface area contributed by atoms with E-state index in [-0.39, 0.29) is 18.2 Å². The number of ether oxygens (including phenoxy) is 4. The van der Waals surface area contributed by atoms with E-state index in [0.717, 1.165) is 5.57 Å². The van der Waals surface area contributed by atoms with Gasteiger partial charge in [0.1, 0.15) is 12.2 Å². The van der Waals surface area contributed by atoms with Crippen LogP contribution in [0.1, 0.15) is 67.2 Å². The fraction of sp³-hybridized carbons (Fsp3) is 0.692. The quantitative estimate of drug-likeness (QED) is 0.264. The lowest BCUT2D eigenvalue weighted by Gasteiger charge is -2.49. The summed E-state index contributed by atoms with van der Waals surface area (Å²) in [5.74, 6) is -2.69. The minimum absolute atomic E-state index is 0.123. The number of epoxide rings is 1. The highest BCUT2D eigenvalue weighted by Crippen LogP contribution is 2.64. The van der Waals surface area contributed by atoms with E-state index in [4.69, 9.17) is 18.9 Å². The predicted molar refractivity (Wildman–Crippen MR) is 120 cm³/mol. The Balaban J connectivity index is 1.91. The number of esters is 3. The molecule has 0 amide bonds. The first kappa shape index (κ1) is 24.6. The first-order valence-corrected chi connectivity index (χ1v) is 12.1. The monoisotopic (exact) mass is 474 g/mol. The summed E-state index contributed by atoms with van der Waals surface area (Å²) in [5, 5.41) is 0. The van der Waals surface area contributed by atoms with E-state index < -0.39 is 58.7 Å². The van der Waals surface area contributed by atoms with Gasteiger partial charge < -0.3 is 18.9 Å². The molecule has 0 aromatic heterocycles. The maximum Gasteiger partial charge on any atom is 0.342 e. The molecule has 4 aliphatic rings. The molecule has 1 unspecified atom stereocenters. The zero-order valence-electron chi connectivity index (χ0n) is 20.7. The number of allylic oxidation sites excluding steroid dienone is 2. The van der Waals surface area contributed by atoms with Gasteiger partial charge in [0.05, 0.1) is 0 Å². The van der Waals surface area contributed by atoms with Crippen molar-refractivity contribution < 1.29 is 38.1 Å². The van der Waals surface area contributed by atoms with Gasteiger partial charge >= 0.3 is 17.9 Å². The van der Waals surface area contributed by atoms with Crippen LogP contribution in [0.15, 0.2) is 23.8 Å². The second kappa shape index (κ2) is 8.33. The molecule has 2 saturated heterocycles. The summed E-state index contributed by atoms with van der Waals surface area (Å²) in [7, 11) is 0. The van der Waals surface area contributed by atoms with E-state index in [1.807, 2.05) is 26.8 Å². The Morgan fingerprint density at radius 2 is 1.91 bits per heavy atom. The van der Waals surface area contributed by atoms with Crippen molar-refractivity contribution in [2.75, 3.05) is 0 Å². The molecule has 0 N–H and O–H groups in total. The molecule has 8 atom stereocenters. The Bertz CT molecular complexity index is 981. The van der Waals surface area contributed by atoms with E-state index in [2.05, 4.69) is 0 Å². The van der Waals surface area contributed by atoms with E-state index >= 15 is 0 Å². The van der Waals surface area contributed by atoms with Gasteiger partial charge in [0, 0.05) is 30.6 Å². The number of rotatable bonds is 4. The molecule has 0 aromatic rings. The number of carbonyl (C=O) groups is 4. The van der Waals surface area contributed by atoms with Crippen molar-refractivity contribution in [2.24, 2.45) is 17.3 Å². The Morgan fingerprint density at radius 3 is 2.53 bits per heavy atom. The van der Waals surface area contributed by atoms with Crippen LogP contribution in [0.4, 0.5) is 0 Å². The highest BCUT2D eigenvalue weighted by atomic mass is 16.7. The first-order valence-electron chi connectivity index (χ1n) is 12.1. The van der Waals surface area contributed by atoms with Crippen molar-refractivity contribution in [1.29, 1.82) is 0 Å². The Hall–Kier alpha value is -2.48. The zero-order valence-corrected chi connectivity index (χ0v) is 20.7. The summed E-state index contributed by atoms with van der Waals surface area (Å²) >= 11 is 0. The van der Waals surface area contributed by atoms with Crippen LogP contribution in [-0.2, 0) is 38.1 Å². The van der Waals surface area contributed by atoms with Crippen molar-refractivity contribution >= 4 is 23.7 Å². The summed E-state index contributed by atoms with van der Waals surface area (Å²) < 4.78 is 23.8. The van der Waals surface area contributed by atoms with Gasteiger partial charge in [0.25, 0.3) is 0 Å². The molecule has 2 fully saturated rings. The number of hydrogen-bond donors (Lipinski definition) is 0. The number of hydrogen-bond acceptors (Lipinski definition) is 8. The minimum atomic E-state index is -1.30. The number of fused-ring (bicyclic) bond motifs is 1. The Kier molecular flexibility index (Phi) is 6.03. The van der Waals surface area contributed by atoms with Crippen LogP contribution in [0.3, 0.4) is 0 Å². The van der Waals surface area contributed by atoms with Crippen LogP contribution in [0.25, 0.3) is 0 Å². The van der Waals surface area contributed by atoms with Gasteiger partial charge in [-0.1, -0.05) is 32.4 Å². The van der Waals surface area contributed by atoms with E-state index in [1.165, 1.54) is 13.0 Å². The molecule has 2 aliphatic carbocycles. The van der Waals surface area contributed by atoms with Crippen molar-refractivity contribution in [3.05, 3.63) is 23.8 Å². The smallest absolute Gasteiger partial charge is 0.342 e. The normalized spacial score (nSPS) is 44.5. The largest absolute Gasteiger partial charge is 0.461 e. The lowest BCUT2D eigenvalue weighted by Crippen LogP contribution is -2.59. The average molecular weight is 475 g/mol. The SMILES string of the molecule is CCCC(=O)O[C@@H]1CC/C(C)=C\C2OC(=O)[C@]3(C)O[C@]23[C@H](OC(C)=O)[C@H]2[C@@H](C)C(=O)C=C[C@@]21C. The minimum Gasteiger partial charge on any atom is -0.461 e. The lowest BCUT2D eigenvalue weighted by molar-refractivity contribution is -0.180. The molecule has 0 bridgehead atoms. The van der Waals surface area contributed by atoms with Gasteiger partial charge in [0.15, 0.2) is 23.1 Å². The van der Waals surface area contributed by atoms with E-state index in [9.17, 15) is 19.2 Å². The molecule has 186 valence electrons. The van der Waals surface area contributed by atoms with Crippen molar-refractivity contribution in [1.82, 2.24) is 0 Å². The van der Waals surface area contributed by atoms with Gasteiger partial charge in [-0.05, 0) is 45.3 Å². The fourth-order valence-corrected chi connectivity index (χ4v) is 6.18. The van der Waals surface area contributed by atoms with Crippen LogP contribution in [0.2, 0.25) is 0 Å². The molecular formula is C26H34O8. The molecule has 0 saturated carbocycles. The lowest BCUT2D eigenvalue weighted by atomic mass is 9.57. The molecular weight excluding hydrogens is 440 g/mol.